The zero-order valence-electron chi connectivity index (χ0n) is 10.4. The monoisotopic (exact) mass is 230 g/mol. The molecular weight excluding hydrogens is 210 g/mol. The lowest BCUT2D eigenvalue weighted by molar-refractivity contribution is -0.627. The fraction of sp³-hybridized carbons (Fsp3) is 0.333. The van der Waals surface area contributed by atoms with Gasteiger partial charge in [0.15, 0.2) is 0 Å². The number of unbranched alkanes of at least 4 members (excludes halogenated alkanes) is 1. The Morgan fingerprint density at radius 1 is 1.00 bits per heavy atom. The second-order valence-corrected chi connectivity index (χ2v) is 4.26. The molecule has 0 saturated carbocycles. The van der Waals surface area contributed by atoms with Crippen LogP contribution in [0.3, 0.4) is 0 Å². The smallest absolute Gasteiger partial charge is 0.119 e. The van der Waals surface area contributed by atoms with E-state index in [1.54, 1.807) is 0 Å². The van der Waals surface area contributed by atoms with Crippen molar-refractivity contribution in [2.45, 2.75) is 12.8 Å². The highest BCUT2D eigenvalue weighted by Crippen LogP contribution is 2.20. The zero-order chi connectivity index (χ0) is 11.9. The predicted octanol–water partition coefficient (Wildman–Crippen LogP) is 2.19. The minimum absolute atomic E-state index is 0.812. The number of rotatable bonds is 6. The SMILES string of the molecule is C[NH2+]CCCCOc1ccc2ccccc2c1. The molecule has 90 valence electrons. The van der Waals surface area contributed by atoms with Crippen molar-refractivity contribution in [3.05, 3.63) is 42.5 Å². The van der Waals surface area contributed by atoms with Crippen LogP contribution in [0.1, 0.15) is 12.8 Å². The zero-order valence-corrected chi connectivity index (χ0v) is 10.4. The molecule has 2 nitrogen and oxygen atoms in total. The molecule has 0 radical (unpaired) electrons. The molecule has 0 aliphatic rings. The van der Waals surface area contributed by atoms with E-state index in [0.29, 0.717) is 0 Å². The summed E-state index contributed by atoms with van der Waals surface area (Å²) in [6, 6.07) is 14.6. The van der Waals surface area contributed by atoms with E-state index >= 15 is 0 Å². The van der Waals surface area contributed by atoms with E-state index in [9.17, 15) is 0 Å². The first-order chi connectivity index (χ1) is 8.40. The summed E-state index contributed by atoms with van der Waals surface area (Å²) in [6.45, 7) is 1.99. The molecule has 0 heterocycles. The van der Waals surface area contributed by atoms with E-state index in [0.717, 1.165) is 18.8 Å². The standard InChI is InChI=1S/C15H19NO/c1-16-10-4-5-11-17-15-9-8-13-6-2-3-7-14(13)12-15/h2-3,6-9,12,16H,4-5,10-11H2,1H3/p+1. The van der Waals surface area contributed by atoms with Gasteiger partial charge in [-0.2, -0.15) is 0 Å². The largest absolute Gasteiger partial charge is 0.494 e. The molecule has 0 aromatic heterocycles. The first-order valence-corrected chi connectivity index (χ1v) is 6.29. The van der Waals surface area contributed by atoms with Gasteiger partial charge in [0, 0.05) is 0 Å². The molecule has 2 aromatic carbocycles. The van der Waals surface area contributed by atoms with Crippen LogP contribution in [0.15, 0.2) is 42.5 Å². The Balaban J connectivity index is 1.90. The maximum absolute atomic E-state index is 5.75. The van der Waals surface area contributed by atoms with Crippen LogP contribution in [0.5, 0.6) is 5.75 Å². The van der Waals surface area contributed by atoms with Crippen molar-refractivity contribution in [3.63, 3.8) is 0 Å². The Morgan fingerprint density at radius 3 is 2.65 bits per heavy atom. The van der Waals surface area contributed by atoms with E-state index in [4.69, 9.17) is 4.74 Å². The number of ether oxygens (including phenoxy) is 1. The van der Waals surface area contributed by atoms with Gasteiger partial charge in [-0.15, -0.1) is 0 Å². The average Bonchev–Trinajstić information content (AvgIpc) is 2.38. The van der Waals surface area contributed by atoms with Crippen molar-refractivity contribution in [1.82, 2.24) is 0 Å². The summed E-state index contributed by atoms with van der Waals surface area (Å²) in [5.41, 5.74) is 0. The normalized spacial score (nSPS) is 10.6. The molecule has 0 spiro atoms. The van der Waals surface area contributed by atoms with Crippen LogP contribution < -0.4 is 10.1 Å². The van der Waals surface area contributed by atoms with Crippen LogP contribution >= 0.6 is 0 Å². The molecule has 0 aliphatic carbocycles. The molecule has 0 fully saturated rings. The number of quaternary nitrogens is 1. The highest BCUT2D eigenvalue weighted by molar-refractivity contribution is 5.83. The van der Waals surface area contributed by atoms with Crippen LogP contribution in [-0.4, -0.2) is 20.2 Å². The number of benzene rings is 2. The molecule has 2 heteroatoms. The van der Waals surface area contributed by atoms with Crippen molar-refractivity contribution in [2.75, 3.05) is 20.2 Å². The van der Waals surface area contributed by atoms with Gasteiger partial charge in [0.25, 0.3) is 0 Å². The maximum Gasteiger partial charge on any atom is 0.119 e. The third-order valence-corrected chi connectivity index (χ3v) is 2.88. The summed E-state index contributed by atoms with van der Waals surface area (Å²) in [4.78, 5) is 0. The molecule has 2 aromatic rings. The first-order valence-electron chi connectivity index (χ1n) is 6.29. The van der Waals surface area contributed by atoms with Crippen LogP contribution in [-0.2, 0) is 0 Å². The van der Waals surface area contributed by atoms with Gasteiger partial charge in [0.05, 0.1) is 20.2 Å². The lowest BCUT2D eigenvalue weighted by atomic mass is 10.1. The number of nitrogens with two attached hydrogens (primary N) is 1. The highest BCUT2D eigenvalue weighted by atomic mass is 16.5. The summed E-state index contributed by atoms with van der Waals surface area (Å²) in [5.74, 6) is 0.976. The predicted molar refractivity (Wildman–Crippen MR) is 71.4 cm³/mol. The Hall–Kier alpha value is -1.54. The van der Waals surface area contributed by atoms with Crippen molar-refractivity contribution in [2.24, 2.45) is 0 Å². The van der Waals surface area contributed by atoms with Crippen LogP contribution in [0.25, 0.3) is 10.8 Å². The Morgan fingerprint density at radius 2 is 1.82 bits per heavy atom. The molecule has 0 amide bonds. The fourth-order valence-electron chi connectivity index (χ4n) is 1.90. The molecule has 0 bridgehead atoms. The van der Waals surface area contributed by atoms with E-state index < -0.39 is 0 Å². The van der Waals surface area contributed by atoms with Crippen molar-refractivity contribution >= 4 is 10.8 Å². The fourth-order valence-corrected chi connectivity index (χ4v) is 1.90. The highest BCUT2D eigenvalue weighted by Gasteiger charge is 1.97. The maximum atomic E-state index is 5.75. The molecule has 0 saturated heterocycles. The van der Waals surface area contributed by atoms with E-state index in [1.807, 2.05) is 6.07 Å². The van der Waals surface area contributed by atoms with Crippen molar-refractivity contribution in [3.8, 4) is 5.75 Å². The van der Waals surface area contributed by atoms with Gasteiger partial charge in [-0.3, -0.25) is 0 Å². The van der Waals surface area contributed by atoms with Gasteiger partial charge in [-0.05, 0) is 35.7 Å². The van der Waals surface area contributed by atoms with Crippen LogP contribution in [0.4, 0.5) is 0 Å². The van der Waals surface area contributed by atoms with Crippen LogP contribution in [0, 0.1) is 0 Å². The second kappa shape index (κ2) is 6.26. The third-order valence-electron chi connectivity index (χ3n) is 2.88. The summed E-state index contributed by atoms with van der Waals surface area (Å²) < 4.78 is 5.75. The lowest BCUT2D eigenvalue weighted by Gasteiger charge is -2.06. The molecule has 2 N–H and O–H groups in total. The topological polar surface area (TPSA) is 25.8 Å². The van der Waals surface area contributed by atoms with Gasteiger partial charge < -0.3 is 10.1 Å². The summed E-state index contributed by atoms with van der Waals surface area (Å²) in [7, 11) is 2.10. The van der Waals surface area contributed by atoms with E-state index in [-0.39, 0.29) is 0 Å². The second-order valence-electron chi connectivity index (χ2n) is 4.26. The molecule has 0 unspecified atom stereocenters. The third kappa shape index (κ3) is 3.46. The van der Waals surface area contributed by atoms with Crippen LogP contribution in [0.2, 0.25) is 0 Å². The van der Waals surface area contributed by atoms with Gasteiger partial charge in [0.1, 0.15) is 5.75 Å². The Bertz CT molecular complexity index is 467. The number of hydrogen-bond donors (Lipinski definition) is 1. The molecule has 2 rings (SSSR count). The Kier molecular flexibility index (Phi) is 4.39. The van der Waals surface area contributed by atoms with Crippen molar-refractivity contribution in [1.29, 1.82) is 0 Å². The summed E-state index contributed by atoms with van der Waals surface area (Å²) in [5, 5.41) is 4.71. The number of fused-ring (bicyclic) bond motifs is 1. The van der Waals surface area contributed by atoms with Gasteiger partial charge in [-0.25, -0.2) is 0 Å². The molecule has 0 aliphatic heterocycles. The minimum atomic E-state index is 0.812. The quantitative estimate of drug-likeness (QED) is 0.756. The van der Waals surface area contributed by atoms with Crippen molar-refractivity contribution < 1.29 is 10.1 Å². The molecule has 0 atom stereocenters. The summed E-state index contributed by atoms with van der Waals surface area (Å²) in [6.07, 6.45) is 2.33. The lowest BCUT2D eigenvalue weighted by Crippen LogP contribution is -2.79. The minimum Gasteiger partial charge on any atom is -0.494 e. The Labute approximate surface area is 103 Å². The van der Waals surface area contributed by atoms with Gasteiger partial charge in [0.2, 0.25) is 0 Å². The van der Waals surface area contributed by atoms with Gasteiger partial charge in [-0.1, -0.05) is 30.3 Å². The summed E-state index contributed by atoms with van der Waals surface area (Å²) >= 11 is 0. The molecular formula is C15H20NO+. The average molecular weight is 230 g/mol. The van der Waals surface area contributed by atoms with Gasteiger partial charge >= 0.3 is 0 Å². The number of hydrogen-bond acceptors (Lipinski definition) is 1. The van der Waals surface area contributed by atoms with E-state index in [2.05, 4.69) is 48.8 Å². The first kappa shape index (κ1) is 11.9. The van der Waals surface area contributed by atoms with E-state index in [1.165, 1.54) is 23.7 Å². The molecule has 17 heavy (non-hydrogen) atoms.